The number of benzene rings is 1. The lowest BCUT2D eigenvalue weighted by atomic mass is 10.2. The van der Waals surface area contributed by atoms with Crippen LogP contribution in [0.25, 0.3) is 16.2 Å². The molecule has 1 saturated heterocycles. The second-order valence-electron chi connectivity index (χ2n) is 8.27. The van der Waals surface area contributed by atoms with E-state index in [0.29, 0.717) is 24.3 Å². The number of ether oxygens (including phenoxy) is 1. The molecule has 0 atom stereocenters. The van der Waals surface area contributed by atoms with Gasteiger partial charge in [0.1, 0.15) is 16.3 Å². The van der Waals surface area contributed by atoms with Crippen LogP contribution in [0, 0.1) is 13.8 Å². The second kappa shape index (κ2) is 8.92. The first-order chi connectivity index (χ1) is 16.0. The number of amides is 1. The van der Waals surface area contributed by atoms with E-state index < -0.39 is 0 Å². The number of hydrogen-bond donors (Lipinski definition) is 0. The number of carbonyl (C=O) groups is 1. The number of rotatable bonds is 5. The van der Waals surface area contributed by atoms with E-state index >= 15 is 0 Å². The van der Waals surface area contributed by atoms with E-state index in [4.69, 9.17) is 9.72 Å². The van der Waals surface area contributed by atoms with Crippen LogP contribution in [-0.2, 0) is 6.54 Å². The Morgan fingerprint density at radius 2 is 1.85 bits per heavy atom. The fraction of sp³-hybridized carbons (Fsp3) is 0.333. The summed E-state index contributed by atoms with van der Waals surface area (Å²) in [5.41, 5.74) is 5.21. The Morgan fingerprint density at radius 3 is 2.58 bits per heavy atom. The van der Waals surface area contributed by atoms with Crippen LogP contribution >= 0.6 is 11.3 Å². The van der Waals surface area contributed by atoms with Gasteiger partial charge in [-0.15, -0.1) is 11.3 Å². The Bertz CT molecular complexity index is 1290. The molecular weight excluding hydrogens is 436 g/mol. The molecule has 4 heterocycles. The van der Waals surface area contributed by atoms with E-state index in [2.05, 4.69) is 20.4 Å². The summed E-state index contributed by atoms with van der Waals surface area (Å²) < 4.78 is 6.97. The van der Waals surface area contributed by atoms with Gasteiger partial charge in [0.25, 0.3) is 5.91 Å². The number of piperazine rings is 1. The van der Waals surface area contributed by atoms with E-state index in [0.717, 1.165) is 53.0 Å². The van der Waals surface area contributed by atoms with E-state index in [1.165, 1.54) is 0 Å². The van der Waals surface area contributed by atoms with Crippen LogP contribution in [-0.4, -0.2) is 68.6 Å². The molecule has 0 aliphatic carbocycles. The van der Waals surface area contributed by atoms with E-state index in [9.17, 15) is 4.79 Å². The quantitative estimate of drug-likeness (QED) is 0.452. The minimum Gasteiger partial charge on any atom is -0.497 e. The fourth-order valence-electron chi connectivity index (χ4n) is 4.18. The summed E-state index contributed by atoms with van der Waals surface area (Å²) in [5.74, 6) is 0.839. The largest absolute Gasteiger partial charge is 0.497 e. The van der Waals surface area contributed by atoms with Crippen molar-refractivity contribution in [2.75, 3.05) is 33.3 Å². The number of nitrogens with zero attached hydrogens (tertiary/aromatic N) is 6. The number of methoxy groups -OCH3 is 1. The van der Waals surface area contributed by atoms with Gasteiger partial charge in [-0.05, 0) is 44.2 Å². The van der Waals surface area contributed by atoms with Crippen molar-refractivity contribution in [3.63, 3.8) is 0 Å². The van der Waals surface area contributed by atoms with Crippen molar-refractivity contribution in [2.24, 2.45) is 0 Å². The molecule has 33 heavy (non-hydrogen) atoms. The average molecular weight is 463 g/mol. The Kier molecular flexibility index (Phi) is 5.82. The first kappa shape index (κ1) is 21.5. The summed E-state index contributed by atoms with van der Waals surface area (Å²) in [6.45, 7) is 7.67. The van der Waals surface area contributed by atoms with Crippen LogP contribution in [0.2, 0.25) is 0 Å². The number of carbonyl (C=O) groups excluding carboxylic acids is 1. The van der Waals surface area contributed by atoms with Gasteiger partial charge in [0.05, 0.1) is 19.0 Å². The molecule has 1 aromatic carbocycles. The normalized spacial score (nSPS) is 14.7. The van der Waals surface area contributed by atoms with Crippen molar-refractivity contribution >= 4 is 22.9 Å². The van der Waals surface area contributed by atoms with E-state index in [-0.39, 0.29) is 5.91 Å². The third kappa shape index (κ3) is 4.34. The summed E-state index contributed by atoms with van der Waals surface area (Å²) in [5, 5.41) is 7.49. The van der Waals surface area contributed by atoms with Gasteiger partial charge in [0, 0.05) is 55.1 Å². The van der Waals surface area contributed by atoms with Crippen LogP contribution in [0.15, 0.2) is 41.9 Å². The molecule has 1 aliphatic rings. The molecule has 0 unspecified atom stereocenters. The maximum absolute atomic E-state index is 13.2. The maximum Gasteiger partial charge on any atom is 0.259 e. The number of aromatic nitrogens is 4. The average Bonchev–Trinajstić information content (AvgIpc) is 3.47. The van der Waals surface area contributed by atoms with Crippen LogP contribution in [0.5, 0.6) is 5.75 Å². The zero-order valence-electron chi connectivity index (χ0n) is 19.0. The highest BCUT2D eigenvalue weighted by Gasteiger charge is 2.25. The smallest absolute Gasteiger partial charge is 0.259 e. The minimum atomic E-state index is -0.00222. The summed E-state index contributed by atoms with van der Waals surface area (Å²) in [6, 6.07) is 9.93. The lowest BCUT2D eigenvalue weighted by Gasteiger charge is -2.34. The summed E-state index contributed by atoms with van der Waals surface area (Å²) in [6.07, 6.45) is 1.64. The SMILES string of the molecule is COc1ccc(-c2nc(CN3CCN(C(=O)c4cnn5c(C)cc(C)nc45)CC3)cs2)cc1. The summed E-state index contributed by atoms with van der Waals surface area (Å²) in [4.78, 5) is 26.8. The van der Waals surface area contributed by atoms with Gasteiger partial charge in [-0.2, -0.15) is 5.10 Å². The molecule has 0 saturated carbocycles. The monoisotopic (exact) mass is 462 g/mol. The van der Waals surface area contributed by atoms with Crippen molar-refractivity contribution in [1.29, 1.82) is 0 Å². The van der Waals surface area contributed by atoms with Crippen molar-refractivity contribution in [3.05, 3.63) is 64.6 Å². The van der Waals surface area contributed by atoms with E-state index in [1.54, 1.807) is 29.2 Å². The molecule has 0 radical (unpaired) electrons. The molecule has 9 heteroatoms. The summed E-state index contributed by atoms with van der Waals surface area (Å²) >= 11 is 1.65. The van der Waals surface area contributed by atoms with E-state index in [1.807, 2.05) is 49.1 Å². The number of aryl methyl sites for hydroxylation is 2. The molecule has 170 valence electrons. The molecule has 3 aromatic heterocycles. The molecule has 1 aliphatic heterocycles. The highest BCUT2D eigenvalue weighted by Crippen LogP contribution is 2.26. The topological polar surface area (TPSA) is 75.9 Å². The number of hydrogen-bond acceptors (Lipinski definition) is 7. The molecule has 0 bridgehead atoms. The lowest BCUT2D eigenvalue weighted by molar-refractivity contribution is 0.0629. The van der Waals surface area contributed by atoms with Gasteiger partial charge >= 0.3 is 0 Å². The lowest BCUT2D eigenvalue weighted by Crippen LogP contribution is -2.48. The van der Waals surface area contributed by atoms with Gasteiger partial charge in [-0.25, -0.2) is 14.5 Å². The zero-order valence-corrected chi connectivity index (χ0v) is 19.8. The highest BCUT2D eigenvalue weighted by atomic mass is 32.1. The first-order valence-corrected chi connectivity index (χ1v) is 11.8. The predicted octanol–water partition coefficient (Wildman–Crippen LogP) is 3.44. The van der Waals surface area contributed by atoms with Gasteiger partial charge in [0.15, 0.2) is 5.65 Å². The van der Waals surface area contributed by atoms with Gasteiger partial charge in [-0.1, -0.05) is 0 Å². The number of fused-ring (bicyclic) bond motifs is 1. The first-order valence-electron chi connectivity index (χ1n) is 10.9. The molecular formula is C24H26N6O2S. The van der Waals surface area contributed by atoms with Crippen LogP contribution in [0.4, 0.5) is 0 Å². The number of thiazole rings is 1. The van der Waals surface area contributed by atoms with Crippen molar-refractivity contribution in [2.45, 2.75) is 20.4 Å². The Morgan fingerprint density at radius 1 is 1.09 bits per heavy atom. The molecule has 0 spiro atoms. The van der Waals surface area contributed by atoms with Gasteiger partial charge in [0.2, 0.25) is 0 Å². The molecule has 0 N–H and O–H groups in total. The van der Waals surface area contributed by atoms with Gasteiger partial charge < -0.3 is 9.64 Å². The maximum atomic E-state index is 13.2. The highest BCUT2D eigenvalue weighted by molar-refractivity contribution is 7.13. The predicted molar refractivity (Wildman–Crippen MR) is 128 cm³/mol. The third-order valence-electron chi connectivity index (χ3n) is 5.94. The Balaban J connectivity index is 1.21. The third-order valence-corrected chi connectivity index (χ3v) is 6.88. The zero-order chi connectivity index (χ0) is 22.9. The fourth-order valence-corrected chi connectivity index (χ4v) is 4.99. The molecule has 1 fully saturated rings. The molecule has 8 nitrogen and oxygen atoms in total. The van der Waals surface area contributed by atoms with Crippen LogP contribution in [0.3, 0.4) is 0 Å². The molecule has 4 aromatic rings. The molecule has 5 rings (SSSR count). The minimum absolute atomic E-state index is 0.00222. The second-order valence-corrected chi connectivity index (χ2v) is 9.13. The Hall–Kier alpha value is -3.30. The van der Waals surface area contributed by atoms with Crippen molar-refractivity contribution in [3.8, 4) is 16.3 Å². The standard InChI is InChI=1S/C24H26N6O2S/c1-16-12-17(2)30-22(26-16)21(13-25-30)24(31)29-10-8-28(9-11-29)14-19-15-33-23(27-19)18-4-6-20(32-3)7-5-18/h4-7,12-13,15H,8-11,14H2,1-3H3. The van der Waals surface area contributed by atoms with Crippen LogP contribution in [0.1, 0.15) is 27.4 Å². The van der Waals surface area contributed by atoms with Gasteiger partial charge in [-0.3, -0.25) is 9.69 Å². The molecule has 1 amide bonds. The van der Waals surface area contributed by atoms with Crippen molar-refractivity contribution in [1.82, 2.24) is 29.4 Å². The Labute approximate surface area is 196 Å². The van der Waals surface area contributed by atoms with Crippen molar-refractivity contribution < 1.29 is 9.53 Å². The summed E-state index contributed by atoms with van der Waals surface area (Å²) in [7, 11) is 1.67. The van der Waals surface area contributed by atoms with Crippen LogP contribution < -0.4 is 4.74 Å².